The molecular weight excluding hydrogens is 384 g/mol. The molecule has 1 amide bonds. The van der Waals surface area contributed by atoms with E-state index in [2.05, 4.69) is 38.4 Å². The molecule has 0 saturated heterocycles. The molecule has 0 aliphatic rings. The first-order chi connectivity index (χ1) is 12.2. The van der Waals surface area contributed by atoms with E-state index in [1.165, 1.54) is 0 Å². The maximum absolute atomic E-state index is 12.1. The van der Waals surface area contributed by atoms with Crippen molar-refractivity contribution in [3.8, 4) is 11.4 Å². The largest absolute Gasteiger partial charge is 0.482 e. The van der Waals surface area contributed by atoms with Gasteiger partial charge in [-0.2, -0.15) is 0 Å². The van der Waals surface area contributed by atoms with Crippen molar-refractivity contribution < 1.29 is 9.53 Å². The third-order valence-electron chi connectivity index (χ3n) is 3.60. The van der Waals surface area contributed by atoms with Gasteiger partial charge < -0.3 is 10.1 Å². The average Bonchev–Trinajstić information content (AvgIpc) is 3.14. The number of nitrogens with one attached hydrogen (secondary N) is 1. The van der Waals surface area contributed by atoms with Crippen molar-refractivity contribution in [1.82, 2.24) is 14.8 Å². The minimum Gasteiger partial charge on any atom is -0.482 e. The number of rotatable bonds is 6. The maximum Gasteiger partial charge on any atom is 0.262 e. The van der Waals surface area contributed by atoms with E-state index in [0.717, 1.165) is 22.1 Å². The van der Waals surface area contributed by atoms with Gasteiger partial charge in [-0.25, -0.2) is 0 Å². The number of aromatic nitrogens is 3. The monoisotopic (exact) mass is 400 g/mol. The number of nitrogens with zero attached hydrogens (tertiary/aromatic N) is 3. The van der Waals surface area contributed by atoms with E-state index >= 15 is 0 Å². The van der Waals surface area contributed by atoms with Gasteiger partial charge in [0.15, 0.2) is 6.61 Å². The van der Waals surface area contributed by atoms with E-state index in [1.54, 1.807) is 17.2 Å². The Bertz CT molecular complexity index is 865. The highest BCUT2D eigenvalue weighted by Crippen LogP contribution is 2.24. The molecule has 128 valence electrons. The minimum atomic E-state index is -0.229. The Morgan fingerprint density at radius 3 is 2.72 bits per heavy atom. The molecule has 7 heteroatoms. The van der Waals surface area contributed by atoms with E-state index in [0.29, 0.717) is 11.4 Å². The van der Waals surface area contributed by atoms with Crippen molar-refractivity contribution in [2.24, 2.45) is 0 Å². The molecule has 2 aromatic carbocycles. The Balaban J connectivity index is 1.71. The van der Waals surface area contributed by atoms with Crippen molar-refractivity contribution in [2.75, 3.05) is 11.9 Å². The van der Waals surface area contributed by atoms with Gasteiger partial charge in [-0.15, -0.1) is 10.2 Å². The Labute approximate surface area is 154 Å². The molecule has 0 radical (unpaired) electrons. The van der Waals surface area contributed by atoms with E-state index in [4.69, 9.17) is 4.74 Å². The van der Waals surface area contributed by atoms with Gasteiger partial charge in [-0.3, -0.25) is 9.36 Å². The standard InChI is InChI=1S/C18H17BrN4O2/c1-2-13-6-7-17(16(8-13)23-11-20-21-12-23)25-10-18(24)22-15-5-3-4-14(19)9-15/h3-9,11-12H,2,10H2,1H3,(H,22,24). The van der Waals surface area contributed by atoms with Crippen LogP contribution in [0, 0.1) is 0 Å². The average molecular weight is 401 g/mol. The number of hydrogen-bond acceptors (Lipinski definition) is 4. The highest BCUT2D eigenvalue weighted by molar-refractivity contribution is 9.10. The van der Waals surface area contributed by atoms with E-state index in [-0.39, 0.29) is 12.5 Å². The molecule has 1 aromatic heterocycles. The van der Waals surface area contributed by atoms with Crippen molar-refractivity contribution in [3.05, 3.63) is 65.2 Å². The summed E-state index contributed by atoms with van der Waals surface area (Å²) >= 11 is 3.38. The fourth-order valence-electron chi connectivity index (χ4n) is 2.34. The molecule has 0 saturated carbocycles. The number of ether oxygens (including phenoxy) is 1. The predicted molar refractivity (Wildman–Crippen MR) is 99.0 cm³/mol. The van der Waals surface area contributed by atoms with Crippen LogP contribution in [0.2, 0.25) is 0 Å². The molecule has 0 fully saturated rings. The van der Waals surface area contributed by atoms with Crippen LogP contribution in [0.5, 0.6) is 5.75 Å². The molecule has 0 atom stereocenters. The van der Waals surface area contributed by atoms with Gasteiger partial charge >= 0.3 is 0 Å². The van der Waals surface area contributed by atoms with Gasteiger partial charge in [0.25, 0.3) is 5.91 Å². The number of hydrogen-bond donors (Lipinski definition) is 1. The first kappa shape index (κ1) is 17.2. The van der Waals surface area contributed by atoms with Crippen LogP contribution in [0.25, 0.3) is 5.69 Å². The van der Waals surface area contributed by atoms with Crippen LogP contribution >= 0.6 is 15.9 Å². The lowest BCUT2D eigenvalue weighted by Gasteiger charge is -2.13. The van der Waals surface area contributed by atoms with Crippen LogP contribution in [0.3, 0.4) is 0 Å². The SMILES string of the molecule is CCc1ccc(OCC(=O)Nc2cccc(Br)c2)c(-n2cnnc2)c1. The summed E-state index contributed by atoms with van der Waals surface area (Å²) in [6, 6.07) is 13.2. The van der Waals surface area contributed by atoms with Gasteiger partial charge in [0.2, 0.25) is 0 Å². The first-order valence-electron chi connectivity index (χ1n) is 7.82. The van der Waals surface area contributed by atoms with Gasteiger partial charge in [0.05, 0.1) is 5.69 Å². The highest BCUT2D eigenvalue weighted by atomic mass is 79.9. The molecule has 0 spiro atoms. The topological polar surface area (TPSA) is 69.0 Å². The summed E-state index contributed by atoms with van der Waals surface area (Å²) in [6.45, 7) is 1.99. The molecule has 0 bridgehead atoms. The number of aryl methyl sites for hydroxylation is 1. The normalized spacial score (nSPS) is 10.5. The molecule has 6 nitrogen and oxygen atoms in total. The summed E-state index contributed by atoms with van der Waals surface area (Å²) in [6.07, 6.45) is 4.10. The zero-order valence-corrected chi connectivity index (χ0v) is 15.2. The van der Waals surface area contributed by atoms with Gasteiger partial charge in [-0.1, -0.05) is 35.0 Å². The van der Waals surface area contributed by atoms with Crippen molar-refractivity contribution in [1.29, 1.82) is 0 Å². The number of anilines is 1. The third-order valence-corrected chi connectivity index (χ3v) is 4.09. The van der Waals surface area contributed by atoms with Gasteiger partial charge in [-0.05, 0) is 42.3 Å². The smallest absolute Gasteiger partial charge is 0.262 e. The lowest BCUT2D eigenvalue weighted by atomic mass is 10.1. The lowest BCUT2D eigenvalue weighted by Crippen LogP contribution is -2.20. The minimum absolute atomic E-state index is 0.0902. The Hall–Kier alpha value is -2.67. The predicted octanol–water partition coefficient (Wildman–Crippen LogP) is 3.61. The Morgan fingerprint density at radius 2 is 2.00 bits per heavy atom. The van der Waals surface area contributed by atoms with E-state index in [1.807, 2.05) is 42.5 Å². The second kappa shape index (κ2) is 7.94. The van der Waals surface area contributed by atoms with Crippen LogP contribution in [0.1, 0.15) is 12.5 Å². The van der Waals surface area contributed by atoms with E-state index < -0.39 is 0 Å². The molecule has 3 rings (SSSR count). The van der Waals surface area contributed by atoms with Gasteiger partial charge in [0, 0.05) is 10.2 Å². The summed E-state index contributed by atoms with van der Waals surface area (Å²) < 4.78 is 8.39. The van der Waals surface area contributed by atoms with Crippen LogP contribution in [-0.4, -0.2) is 27.3 Å². The number of halogens is 1. The molecule has 0 aliphatic heterocycles. The molecule has 1 N–H and O–H groups in total. The molecule has 0 aliphatic carbocycles. The molecular formula is C18H17BrN4O2. The molecule has 0 unspecified atom stereocenters. The number of benzene rings is 2. The lowest BCUT2D eigenvalue weighted by molar-refractivity contribution is -0.118. The zero-order chi connectivity index (χ0) is 17.6. The second-order valence-electron chi connectivity index (χ2n) is 5.37. The molecule has 25 heavy (non-hydrogen) atoms. The molecule has 3 aromatic rings. The summed E-state index contributed by atoms with van der Waals surface area (Å²) in [5, 5.41) is 10.5. The van der Waals surface area contributed by atoms with Crippen molar-refractivity contribution in [3.63, 3.8) is 0 Å². The third kappa shape index (κ3) is 4.45. The number of amides is 1. The fraction of sp³-hybridized carbons (Fsp3) is 0.167. The summed E-state index contributed by atoms with van der Waals surface area (Å²) in [5.74, 6) is 0.369. The van der Waals surface area contributed by atoms with Crippen LogP contribution in [0.4, 0.5) is 5.69 Å². The fourth-order valence-corrected chi connectivity index (χ4v) is 2.74. The van der Waals surface area contributed by atoms with E-state index in [9.17, 15) is 4.79 Å². The Morgan fingerprint density at radius 1 is 1.20 bits per heavy atom. The van der Waals surface area contributed by atoms with Crippen LogP contribution < -0.4 is 10.1 Å². The van der Waals surface area contributed by atoms with Crippen LogP contribution in [-0.2, 0) is 11.2 Å². The second-order valence-corrected chi connectivity index (χ2v) is 6.29. The summed E-state index contributed by atoms with van der Waals surface area (Å²) in [4.78, 5) is 12.1. The summed E-state index contributed by atoms with van der Waals surface area (Å²) in [7, 11) is 0. The maximum atomic E-state index is 12.1. The summed E-state index contributed by atoms with van der Waals surface area (Å²) in [5.41, 5.74) is 2.68. The first-order valence-corrected chi connectivity index (χ1v) is 8.61. The van der Waals surface area contributed by atoms with Crippen molar-refractivity contribution >= 4 is 27.5 Å². The zero-order valence-electron chi connectivity index (χ0n) is 13.6. The quantitative estimate of drug-likeness (QED) is 0.685. The van der Waals surface area contributed by atoms with Crippen LogP contribution in [0.15, 0.2) is 59.6 Å². The number of carbonyl (C=O) groups excluding carboxylic acids is 1. The van der Waals surface area contributed by atoms with Gasteiger partial charge in [0.1, 0.15) is 18.4 Å². The molecule has 1 heterocycles. The number of carbonyl (C=O) groups is 1. The van der Waals surface area contributed by atoms with Crippen molar-refractivity contribution in [2.45, 2.75) is 13.3 Å². The Kier molecular flexibility index (Phi) is 5.45. The highest BCUT2D eigenvalue weighted by Gasteiger charge is 2.10.